The number of nitrogens with one attached hydrogen (secondary N) is 1. The lowest BCUT2D eigenvalue weighted by Crippen LogP contribution is -2.25. The molecule has 6 nitrogen and oxygen atoms in total. The Morgan fingerprint density at radius 3 is 2.62 bits per heavy atom. The van der Waals surface area contributed by atoms with Crippen LogP contribution in [0.25, 0.3) is 0 Å². The molecule has 7 heteroatoms. The zero-order chi connectivity index (χ0) is 12.2. The van der Waals surface area contributed by atoms with Crippen LogP contribution in [0.5, 0.6) is 5.75 Å². The van der Waals surface area contributed by atoms with Crippen LogP contribution in [0.4, 0.5) is 5.69 Å². The van der Waals surface area contributed by atoms with Crippen LogP contribution in [0.15, 0.2) is 23.1 Å². The Labute approximate surface area is 93.8 Å². The van der Waals surface area contributed by atoms with Crippen molar-refractivity contribution >= 4 is 15.7 Å². The summed E-state index contributed by atoms with van der Waals surface area (Å²) in [6.07, 6.45) is 0.340. The summed E-state index contributed by atoms with van der Waals surface area (Å²) in [5.41, 5.74) is 5.39. The summed E-state index contributed by atoms with van der Waals surface area (Å²) in [5.74, 6) is -0.158. The Morgan fingerprint density at radius 2 is 2.06 bits per heavy atom. The number of sulfonamides is 1. The molecule has 0 aromatic heterocycles. The summed E-state index contributed by atoms with van der Waals surface area (Å²) in [6.45, 7) is 0.0693. The van der Waals surface area contributed by atoms with Crippen LogP contribution < -0.4 is 10.5 Å². The maximum atomic E-state index is 11.6. The van der Waals surface area contributed by atoms with Crippen molar-refractivity contribution in [3.63, 3.8) is 0 Å². The molecule has 0 saturated carbocycles. The fourth-order valence-corrected chi connectivity index (χ4v) is 2.18. The van der Waals surface area contributed by atoms with Gasteiger partial charge < -0.3 is 15.9 Å². The summed E-state index contributed by atoms with van der Waals surface area (Å²) in [6, 6.07) is 3.65. The molecular formula is C9H14N2O4S. The molecule has 1 aromatic carbocycles. The van der Waals surface area contributed by atoms with E-state index in [-0.39, 0.29) is 29.5 Å². The summed E-state index contributed by atoms with van der Waals surface area (Å²) in [5, 5.41) is 17.7. The summed E-state index contributed by atoms with van der Waals surface area (Å²) in [7, 11) is -3.62. The van der Waals surface area contributed by atoms with Gasteiger partial charge in [-0.25, -0.2) is 13.1 Å². The number of phenols is 1. The molecule has 0 aliphatic rings. The topological polar surface area (TPSA) is 113 Å². The number of anilines is 1. The van der Waals surface area contributed by atoms with E-state index in [9.17, 15) is 8.42 Å². The number of aliphatic hydroxyl groups excluding tert-OH is 1. The summed E-state index contributed by atoms with van der Waals surface area (Å²) >= 11 is 0. The lowest BCUT2D eigenvalue weighted by molar-refractivity contribution is 0.289. The minimum Gasteiger partial charge on any atom is -0.506 e. The lowest BCUT2D eigenvalue weighted by Gasteiger charge is -2.07. The van der Waals surface area contributed by atoms with Gasteiger partial charge in [-0.2, -0.15) is 0 Å². The minimum absolute atomic E-state index is 0.00466. The Morgan fingerprint density at radius 1 is 1.38 bits per heavy atom. The Hall–Kier alpha value is -1.31. The molecule has 0 spiro atoms. The molecule has 0 aliphatic carbocycles. The number of rotatable bonds is 5. The molecule has 1 aromatic rings. The first-order valence-corrected chi connectivity index (χ1v) is 6.14. The van der Waals surface area contributed by atoms with Crippen LogP contribution in [0.1, 0.15) is 6.42 Å². The van der Waals surface area contributed by atoms with Gasteiger partial charge in [0.25, 0.3) is 0 Å². The quantitative estimate of drug-likeness (QED) is 0.322. The van der Waals surface area contributed by atoms with Gasteiger partial charge >= 0.3 is 0 Å². The van der Waals surface area contributed by atoms with Gasteiger partial charge in [0.15, 0.2) is 0 Å². The van der Waals surface area contributed by atoms with Gasteiger partial charge in [-0.1, -0.05) is 0 Å². The summed E-state index contributed by atoms with van der Waals surface area (Å²) < 4.78 is 25.6. The largest absolute Gasteiger partial charge is 0.506 e. The first-order chi connectivity index (χ1) is 7.47. The predicted octanol–water partition coefficient (Wildman–Crippen LogP) is -0.365. The molecule has 0 fully saturated rings. The number of aliphatic hydroxyl groups is 1. The number of benzene rings is 1. The van der Waals surface area contributed by atoms with Gasteiger partial charge in [-0.05, 0) is 24.6 Å². The molecule has 5 N–H and O–H groups in total. The Kier molecular flexibility index (Phi) is 4.11. The number of nitrogens with two attached hydrogens (primary N) is 1. The molecular weight excluding hydrogens is 232 g/mol. The van der Waals surface area contributed by atoms with Crippen molar-refractivity contribution in [1.29, 1.82) is 0 Å². The minimum atomic E-state index is -3.62. The number of hydrogen-bond donors (Lipinski definition) is 4. The third-order valence-electron chi connectivity index (χ3n) is 1.94. The van der Waals surface area contributed by atoms with E-state index in [1.54, 1.807) is 0 Å². The van der Waals surface area contributed by atoms with Gasteiger partial charge in [0.1, 0.15) is 5.75 Å². The van der Waals surface area contributed by atoms with Crippen LogP contribution in [0.2, 0.25) is 0 Å². The van der Waals surface area contributed by atoms with E-state index in [4.69, 9.17) is 15.9 Å². The Balaban J connectivity index is 2.86. The van der Waals surface area contributed by atoms with Crippen molar-refractivity contribution in [2.45, 2.75) is 11.3 Å². The fourth-order valence-electron chi connectivity index (χ4n) is 1.07. The maximum absolute atomic E-state index is 11.6. The molecule has 0 heterocycles. The average Bonchev–Trinajstić information content (AvgIpc) is 2.22. The monoisotopic (exact) mass is 246 g/mol. The van der Waals surface area contributed by atoms with Crippen LogP contribution in [0.3, 0.4) is 0 Å². The van der Waals surface area contributed by atoms with Crippen molar-refractivity contribution in [2.24, 2.45) is 0 Å². The van der Waals surface area contributed by atoms with Crippen molar-refractivity contribution in [2.75, 3.05) is 18.9 Å². The van der Waals surface area contributed by atoms with E-state index < -0.39 is 10.0 Å². The zero-order valence-electron chi connectivity index (χ0n) is 8.55. The van der Waals surface area contributed by atoms with Crippen LogP contribution >= 0.6 is 0 Å². The fraction of sp³-hybridized carbons (Fsp3) is 0.333. The molecule has 90 valence electrons. The highest BCUT2D eigenvalue weighted by Crippen LogP contribution is 2.22. The third-order valence-corrected chi connectivity index (χ3v) is 3.39. The van der Waals surface area contributed by atoms with Crippen molar-refractivity contribution in [1.82, 2.24) is 4.72 Å². The van der Waals surface area contributed by atoms with Crippen molar-refractivity contribution in [3.05, 3.63) is 18.2 Å². The second kappa shape index (κ2) is 5.15. The standard InChI is InChI=1S/C9H14N2O4S/c10-8-6-7(2-3-9(8)13)16(14,15)11-4-1-5-12/h2-3,6,11-13H,1,4-5,10H2. The maximum Gasteiger partial charge on any atom is 0.240 e. The molecule has 0 saturated heterocycles. The zero-order valence-corrected chi connectivity index (χ0v) is 9.37. The van der Waals surface area contributed by atoms with E-state index in [1.165, 1.54) is 18.2 Å². The SMILES string of the molecule is Nc1cc(S(=O)(=O)NCCCO)ccc1O. The Bertz CT molecular complexity index is 459. The predicted molar refractivity (Wildman–Crippen MR) is 59.4 cm³/mol. The van der Waals surface area contributed by atoms with Gasteiger partial charge in [-0.15, -0.1) is 0 Å². The molecule has 0 atom stereocenters. The molecule has 0 unspecified atom stereocenters. The first-order valence-electron chi connectivity index (χ1n) is 4.66. The number of nitrogen functional groups attached to an aromatic ring is 1. The third kappa shape index (κ3) is 3.09. The van der Waals surface area contributed by atoms with E-state index in [1.807, 2.05) is 0 Å². The highest BCUT2D eigenvalue weighted by atomic mass is 32.2. The van der Waals surface area contributed by atoms with Crippen molar-refractivity contribution in [3.8, 4) is 5.75 Å². The van der Waals surface area contributed by atoms with Crippen LogP contribution in [-0.4, -0.2) is 31.8 Å². The van der Waals surface area contributed by atoms with Crippen molar-refractivity contribution < 1.29 is 18.6 Å². The second-order valence-electron chi connectivity index (χ2n) is 3.20. The number of aromatic hydroxyl groups is 1. The lowest BCUT2D eigenvalue weighted by atomic mass is 10.3. The summed E-state index contributed by atoms with van der Waals surface area (Å²) in [4.78, 5) is -0.0132. The number of phenolic OH excluding ortho intramolecular Hbond substituents is 1. The molecule has 16 heavy (non-hydrogen) atoms. The molecule has 0 radical (unpaired) electrons. The highest BCUT2D eigenvalue weighted by Gasteiger charge is 2.14. The normalized spacial score (nSPS) is 11.6. The molecule has 0 aliphatic heterocycles. The second-order valence-corrected chi connectivity index (χ2v) is 4.96. The van der Waals surface area contributed by atoms with Gasteiger partial charge in [0, 0.05) is 13.2 Å². The highest BCUT2D eigenvalue weighted by molar-refractivity contribution is 7.89. The number of hydrogen-bond acceptors (Lipinski definition) is 5. The van der Waals surface area contributed by atoms with E-state index >= 15 is 0 Å². The van der Waals surface area contributed by atoms with Gasteiger partial charge in [0.2, 0.25) is 10.0 Å². The smallest absolute Gasteiger partial charge is 0.240 e. The first kappa shape index (κ1) is 12.8. The van der Waals surface area contributed by atoms with E-state index in [2.05, 4.69) is 4.72 Å². The van der Waals surface area contributed by atoms with E-state index in [0.717, 1.165) is 0 Å². The van der Waals surface area contributed by atoms with Crippen LogP contribution in [-0.2, 0) is 10.0 Å². The molecule has 1 rings (SSSR count). The van der Waals surface area contributed by atoms with Gasteiger partial charge in [-0.3, -0.25) is 0 Å². The van der Waals surface area contributed by atoms with Gasteiger partial charge in [0.05, 0.1) is 10.6 Å². The average molecular weight is 246 g/mol. The molecule has 0 bridgehead atoms. The van der Waals surface area contributed by atoms with E-state index in [0.29, 0.717) is 6.42 Å². The molecule has 0 amide bonds. The van der Waals surface area contributed by atoms with Crippen LogP contribution in [0, 0.1) is 0 Å².